The molecule has 1 heterocycles. The Kier molecular flexibility index (Phi) is 5.92. The highest BCUT2D eigenvalue weighted by Crippen LogP contribution is 2.55. The van der Waals surface area contributed by atoms with E-state index in [-0.39, 0.29) is 10.5 Å². The summed E-state index contributed by atoms with van der Waals surface area (Å²) >= 11 is 5.10. The van der Waals surface area contributed by atoms with Crippen LogP contribution in [0.1, 0.15) is 43.4 Å². The van der Waals surface area contributed by atoms with Crippen molar-refractivity contribution < 1.29 is 4.79 Å². The second-order valence-electron chi connectivity index (χ2n) is 6.23. The lowest BCUT2D eigenvalue weighted by atomic mass is 9.87. The number of carbonyl (C=O) groups is 1. The van der Waals surface area contributed by atoms with Crippen LogP contribution in [0.5, 0.6) is 0 Å². The molecule has 1 atom stereocenters. The molecule has 4 heteroatoms. The van der Waals surface area contributed by atoms with Gasteiger partial charge in [0.1, 0.15) is 0 Å². The lowest BCUT2D eigenvalue weighted by Crippen LogP contribution is -2.10. The van der Waals surface area contributed by atoms with Crippen LogP contribution < -0.4 is 0 Å². The third-order valence-electron chi connectivity index (χ3n) is 3.49. The van der Waals surface area contributed by atoms with Gasteiger partial charge in [0.05, 0.1) is 4.58 Å². The highest BCUT2D eigenvalue weighted by atomic mass is 32.2. The molecule has 0 amide bonds. The second kappa shape index (κ2) is 7.33. The largest absolute Gasteiger partial charge is 0.282 e. The highest BCUT2D eigenvalue weighted by molar-refractivity contribution is 8.23. The molecule has 118 valence electrons. The van der Waals surface area contributed by atoms with Crippen LogP contribution in [0, 0.1) is 0 Å². The first-order chi connectivity index (χ1) is 10.3. The Hall–Kier alpha value is -0.580. The maximum Gasteiger partial charge on any atom is 0.211 e. The summed E-state index contributed by atoms with van der Waals surface area (Å²) in [6.07, 6.45) is 1.38. The van der Waals surface area contributed by atoms with Crippen molar-refractivity contribution in [2.75, 3.05) is 5.75 Å². The molecule has 0 saturated heterocycles. The van der Waals surface area contributed by atoms with Gasteiger partial charge in [-0.1, -0.05) is 63.4 Å². The normalized spacial score (nSPS) is 18.6. The molecule has 0 spiro atoms. The van der Waals surface area contributed by atoms with Crippen molar-refractivity contribution in [3.63, 3.8) is 0 Å². The van der Waals surface area contributed by atoms with Crippen molar-refractivity contribution in [2.24, 2.45) is 0 Å². The average molecular weight is 351 g/mol. The van der Waals surface area contributed by atoms with Gasteiger partial charge >= 0.3 is 0 Å². The van der Waals surface area contributed by atoms with Crippen molar-refractivity contribution >= 4 is 40.4 Å². The predicted molar refractivity (Wildman–Crippen MR) is 103 cm³/mol. The summed E-state index contributed by atoms with van der Waals surface area (Å²) < 4.78 is 0.406. The van der Waals surface area contributed by atoms with Gasteiger partial charge in [-0.2, -0.15) is 0 Å². The molecule has 1 aromatic carbocycles. The molecule has 0 fully saturated rings. The number of hydrogen-bond acceptors (Lipinski definition) is 4. The summed E-state index contributed by atoms with van der Waals surface area (Å²) in [5, 5.41) is 0.0453. The summed E-state index contributed by atoms with van der Waals surface area (Å²) in [4.78, 5) is 14.0. The van der Waals surface area contributed by atoms with Crippen LogP contribution in [0.4, 0.5) is 0 Å². The van der Waals surface area contributed by atoms with E-state index < -0.39 is 0 Å². The summed E-state index contributed by atoms with van der Waals surface area (Å²) in [6.45, 7) is 12.4. The molecule has 0 aliphatic carbocycles. The maximum atomic E-state index is 11.4. The van der Waals surface area contributed by atoms with Gasteiger partial charge in [0.2, 0.25) is 5.12 Å². The van der Waals surface area contributed by atoms with E-state index >= 15 is 0 Å². The van der Waals surface area contributed by atoms with E-state index in [1.807, 2.05) is 23.5 Å². The zero-order valence-corrected chi connectivity index (χ0v) is 16.0. The quantitative estimate of drug-likeness (QED) is 0.606. The van der Waals surface area contributed by atoms with Crippen LogP contribution >= 0.6 is 35.3 Å². The molecule has 0 bridgehead atoms. The topological polar surface area (TPSA) is 17.1 Å². The molecule has 1 aliphatic heterocycles. The molecular weight excluding hydrogens is 328 g/mol. The van der Waals surface area contributed by atoms with Gasteiger partial charge in [0.25, 0.3) is 0 Å². The first kappa shape index (κ1) is 17.8. The fourth-order valence-electron chi connectivity index (χ4n) is 2.07. The van der Waals surface area contributed by atoms with Crippen LogP contribution in [0.25, 0.3) is 0 Å². The van der Waals surface area contributed by atoms with E-state index in [4.69, 9.17) is 0 Å². The zero-order chi connectivity index (χ0) is 16.3. The smallest absolute Gasteiger partial charge is 0.211 e. The van der Waals surface area contributed by atoms with Crippen LogP contribution in [0.3, 0.4) is 0 Å². The van der Waals surface area contributed by atoms with E-state index in [1.54, 1.807) is 0 Å². The fourth-order valence-corrected chi connectivity index (χ4v) is 6.02. The number of carbonyl (C=O) groups excluding carboxylic acids is 1. The molecule has 2 rings (SSSR count). The standard InChI is InChI=1S/C18H22OS3/c1-6-16(19)20-11-15-12(2)21-17(22-15)13-7-9-14(10-8-13)18(3,4)5/h6-10,17H,1,11H2,2-5H3. The Labute approximate surface area is 146 Å². The molecule has 1 nitrogen and oxygen atoms in total. The Morgan fingerprint density at radius 3 is 2.45 bits per heavy atom. The van der Waals surface area contributed by atoms with E-state index in [0.717, 1.165) is 5.75 Å². The summed E-state index contributed by atoms with van der Waals surface area (Å²) in [5.74, 6) is 0.755. The van der Waals surface area contributed by atoms with Crippen molar-refractivity contribution in [3.05, 3.63) is 57.9 Å². The molecule has 22 heavy (non-hydrogen) atoms. The molecule has 1 unspecified atom stereocenters. The van der Waals surface area contributed by atoms with E-state index in [1.165, 1.54) is 38.8 Å². The minimum atomic E-state index is 0.0453. The second-order valence-corrected chi connectivity index (χ2v) is 10.0. The molecule has 1 aliphatic rings. The van der Waals surface area contributed by atoms with Crippen molar-refractivity contribution in [1.82, 2.24) is 0 Å². The van der Waals surface area contributed by atoms with Gasteiger partial charge < -0.3 is 0 Å². The number of benzene rings is 1. The maximum absolute atomic E-state index is 11.4. The molecule has 1 aromatic rings. The Morgan fingerprint density at radius 1 is 1.27 bits per heavy atom. The number of thioether (sulfide) groups is 3. The summed E-state index contributed by atoms with van der Waals surface area (Å²) in [6, 6.07) is 8.95. The van der Waals surface area contributed by atoms with Crippen LogP contribution in [0.15, 0.2) is 46.7 Å². The lowest BCUT2D eigenvalue weighted by molar-refractivity contribution is -0.107. The van der Waals surface area contributed by atoms with Crippen molar-refractivity contribution in [1.29, 1.82) is 0 Å². The SMILES string of the molecule is C=CC(=O)SCC1=C(C)SC(c2ccc(C(C)(C)C)cc2)S1. The molecular formula is C18H22OS3. The number of rotatable bonds is 4. The Morgan fingerprint density at radius 2 is 1.91 bits per heavy atom. The minimum absolute atomic E-state index is 0.0453. The third kappa shape index (κ3) is 4.46. The van der Waals surface area contributed by atoms with Gasteiger partial charge in [-0.15, -0.1) is 23.5 Å². The van der Waals surface area contributed by atoms with Crippen molar-refractivity contribution in [2.45, 2.75) is 37.7 Å². The lowest BCUT2D eigenvalue weighted by Gasteiger charge is -2.20. The molecule has 0 saturated carbocycles. The number of hydrogen-bond donors (Lipinski definition) is 0. The predicted octanol–water partition coefficient (Wildman–Crippen LogP) is 6.14. The first-order valence-corrected chi connectivity index (χ1v) is 9.98. The van der Waals surface area contributed by atoms with E-state index in [0.29, 0.717) is 4.58 Å². The van der Waals surface area contributed by atoms with E-state index in [2.05, 4.69) is 58.5 Å². The first-order valence-electron chi connectivity index (χ1n) is 7.24. The van der Waals surface area contributed by atoms with Crippen LogP contribution in [-0.2, 0) is 10.2 Å². The fraction of sp³-hybridized carbons (Fsp3) is 0.389. The third-order valence-corrected chi connectivity index (χ3v) is 7.57. The number of allylic oxidation sites excluding steroid dienone is 1. The van der Waals surface area contributed by atoms with Crippen molar-refractivity contribution in [3.8, 4) is 0 Å². The summed E-state index contributed by atoms with van der Waals surface area (Å²) in [5.41, 5.74) is 2.90. The van der Waals surface area contributed by atoms with Gasteiger partial charge in [0.15, 0.2) is 0 Å². The molecule has 0 aromatic heterocycles. The summed E-state index contributed by atoms with van der Waals surface area (Å²) in [7, 11) is 0. The highest BCUT2D eigenvalue weighted by Gasteiger charge is 2.25. The van der Waals surface area contributed by atoms with Gasteiger partial charge in [-0.25, -0.2) is 0 Å². The molecule has 0 radical (unpaired) electrons. The van der Waals surface area contributed by atoms with Gasteiger partial charge in [-0.05, 0) is 34.4 Å². The monoisotopic (exact) mass is 350 g/mol. The Balaban J connectivity index is 2.02. The average Bonchev–Trinajstić information content (AvgIpc) is 2.85. The van der Waals surface area contributed by atoms with Gasteiger partial charge in [0, 0.05) is 10.7 Å². The van der Waals surface area contributed by atoms with Crippen LogP contribution in [0.2, 0.25) is 0 Å². The van der Waals surface area contributed by atoms with Crippen LogP contribution in [-0.4, -0.2) is 10.9 Å². The Bertz CT molecular complexity index is 594. The minimum Gasteiger partial charge on any atom is -0.282 e. The van der Waals surface area contributed by atoms with E-state index in [9.17, 15) is 4.79 Å². The zero-order valence-electron chi connectivity index (χ0n) is 13.5. The molecule has 0 N–H and O–H groups in total. The van der Waals surface area contributed by atoms with Gasteiger partial charge in [-0.3, -0.25) is 4.79 Å².